The van der Waals surface area contributed by atoms with Crippen molar-refractivity contribution >= 4 is 16.3 Å². The number of hydrogen-bond acceptors (Lipinski definition) is 11. The molecule has 1 amide bonds. The average molecular weight is 782 g/mol. The van der Waals surface area contributed by atoms with Crippen molar-refractivity contribution in [1.82, 2.24) is 5.32 Å². The Hall–Kier alpha value is -1.20. The average Bonchev–Trinajstić information content (AvgIpc) is 3.12. The van der Waals surface area contributed by atoms with Gasteiger partial charge in [-0.15, -0.1) is 0 Å². The second-order valence-electron chi connectivity index (χ2n) is 14.7. The lowest BCUT2D eigenvalue weighted by Crippen LogP contribution is -2.61. The highest BCUT2D eigenvalue weighted by atomic mass is 32.3. The minimum Gasteiger partial charge on any atom is -0.394 e. The Morgan fingerprint density at radius 1 is 0.736 bits per heavy atom. The van der Waals surface area contributed by atoms with Crippen molar-refractivity contribution < 1.29 is 57.0 Å². The van der Waals surface area contributed by atoms with Crippen LogP contribution in [0.3, 0.4) is 0 Å². The van der Waals surface area contributed by atoms with E-state index in [2.05, 4.69) is 35.5 Å². The lowest BCUT2D eigenvalue weighted by molar-refractivity contribution is -0.298. The SMILES string of the molecule is CCCC/C=C\CCCCCC(O)C(=O)NC(COC1OC(CO)C(O)C(OS(=O)(=O)O)C1O)C(O)CCCCCCCCCCCCCCCCC. The molecule has 0 aromatic carbocycles. The highest BCUT2D eigenvalue weighted by Gasteiger charge is 2.48. The molecular weight excluding hydrogens is 706 g/mol. The zero-order chi connectivity index (χ0) is 39.3. The van der Waals surface area contributed by atoms with Crippen LogP contribution < -0.4 is 5.32 Å². The van der Waals surface area contributed by atoms with E-state index in [0.29, 0.717) is 19.3 Å². The van der Waals surface area contributed by atoms with Gasteiger partial charge in [-0.2, -0.15) is 8.42 Å². The van der Waals surface area contributed by atoms with Crippen molar-refractivity contribution in [3.63, 3.8) is 0 Å². The minimum absolute atomic E-state index is 0.239. The fraction of sp³-hybridized carbons (Fsp3) is 0.923. The number of hydrogen-bond donors (Lipinski definition) is 7. The predicted octanol–water partition coefficient (Wildman–Crippen LogP) is 5.80. The summed E-state index contributed by atoms with van der Waals surface area (Å²) in [6.45, 7) is 3.18. The van der Waals surface area contributed by atoms with Gasteiger partial charge in [-0.3, -0.25) is 9.35 Å². The van der Waals surface area contributed by atoms with E-state index in [0.717, 1.165) is 51.4 Å². The second kappa shape index (κ2) is 31.0. The molecule has 0 radical (unpaired) electrons. The second-order valence-corrected chi connectivity index (χ2v) is 15.8. The molecule has 8 atom stereocenters. The van der Waals surface area contributed by atoms with E-state index < -0.39 is 78.5 Å². The monoisotopic (exact) mass is 782 g/mol. The first-order valence-electron chi connectivity index (χ1n) is 20.7. The molecule has 314 valence electrons. The molecule has 7 N–H and O–H groups in total. The van der Waals surface area contributed by atoms with Crippen LogP contribution in [0.15, 0.2) is 12.2 Å². The van der Waals surface area contributed by atoms with Gasteiger partial charge in [-0.25, -0.2) is 4.18 Å². The largest absolute Gasteiger partial charge is 0.397 e. The highest BCUT2D eigenvalue weighted by molar-refractivity contribution is 7.80. The maximum absolute atomic E-state index is 13.0. The summed E-state index contributed by atoms with van der Waals surface area (Å²) in [6.07, 6.45) is 18.5. The molecule has 1 rings (SSSR count). The summed E-state index contributed by atoms with van der Waals surface area (Å²) in [5.74, 6) is -0.685. The molecule has 0 aromatic rings. The number of aliphatic hydroxyl groups excluding tert-OH is 5. The molecule has 53 heavy (non-hydrogen) atoms. The molecule has 0 spiro atoms. The van der Waals surface area contributed by atoms with Gasteiger partial charge in [0.05, 0.1) is 25.4 Å². The van der Waals surface area contributed by atoms with Gasteiger partial charge in [0, 0.05) is 0 Å². The number of nitrogens with one attached hydrogen (secondary N) is 1. The maximum atomic E-state index is 13.0. The van der Waals surface area contributed by atoms with E-state index in [9.17, 15) is 38.7 Å². The molecule has 8 unspecified atom stereocenters. The van der Waals surface area contributed by atoms with Crippen LogP contribution in [0.2, 0.25) is 0 Å². The number of unbranched alkanes of at least 4 members (excludes halogenated alkanes) is 19. The van der Waals surface area contributed by atoms with Crippen LogP contribution in [0.25, 0.3) is 0 Å². The first-order chi connectivity index (χ1) is 25.4. The number of rotatable bonds is 34. The van der Waals surface area contributed by atoms with E-state index in [1.54, 1.807) is 0 Å². The van der Waals surface area contributed by atoms with E-state index in [4.69, 9.17) is 14.0 Å². The smallest absolute Gasteiger partial charge is 0.394 e. The molecular formula is C39H75NO12S. The van der Waals surface area contributed by atoms with E-state index in [1.807, 2.05) is 0 Å². The van der Waals surface area contributed by atoms with Crippen LogP contribution in [0, 0.1) is 0 Å². The molecule has 1 saturated heterocycles. The third-order valence-corrected chi connectivity index (χ3v) is 10.4. The van der Waals surface area contributed by atoms with Gasteiger partial charge in [0.2, 0.25) is 5.91 Å². The van der Waals surface area contributed by atoms with Crippen molar-refractivity contribution in [2.45, 2.75) is 217 Å². The summed E-state index contributed by atoms with van der Waals surface area (Å²) in [6, 6.07) is -1.03. The van der Waals surface area contributed by atoms with E-state index in [-0.39, 0.29) is 6.42 Å². The molecule has 0 aromatic heterocycles. The van der Waals surface area contributed by atoms with Crippen molar-refractivity contribution in [3.8, 4) is 0 Å². The Labute approximate surface area is 320 Å². The Balaban J connectivity index is 2.63. The molecule has 1 aliphatic rings. The van der Waals surface area contributed by atoms with Crippen molar-refractivity contribution in [1.29, 1.82) is 0 Å². The van der Waals surface area contributed by atoms with Crippen LogP contribution in [0.4, 0.5) is 0 Å². The number of carbonyl (C=O) groups excluding carboxylic acids is 1. The van der Waals surface area contributed by atoms with E-state index >= 15 is 0 Å². The summed E-state index contributed by atoms with van der Waals surface area (Å²) in [5, 5.41) is 55.0. The Bertz CT molecular complexity index is 1030. The van der Waals surface area contributed by atoms with Crippen molar-refractivity contribution in [3.05, 3.63) is 12.2 Å². The van der Waals surface area contributed by atoms with Crippen LogP contribution in [-0.2, 0) is 28.9 Å². The lowest BCUT2D eigenvalue weighted by atomic mass is 9.99. The summed E-state index contributed by atoms with van der Waals surface area (Å²) < 4.78 is 47.4. The molecule has 13 nitrogen and oxygen atoms in total. The third-order valence-electron chi connectivity index (χ3n) is 9.93. The van der Waals surface area contributed by atoms with Gasteiger partial charge < -0.3 is 40.3 Å². The Kier molecular flexibility index (Phi) is 29.1. The summed E-state index contributed by atoms with van der Waals surface area (Å²) >= 11 is 0. The summed E-state index contributed by atoms with van der Waals surface area (Å²) in [5.41, 5.74) is 0. The summed E-state index contributed by atoms with van der Waals surface area (Å²) in [4.78, 5) is 13.0. The van der Waals surface area contributed by atoms with Crippen molar-refractivity contribution in [2.24, 2.45) is 0 Å². The van der Waals surface area contributed by atoms with Gasteiger partial charge in [-0.05, 0) is 32.1 Å². The first-order valence-corrected chi connectivity index (χ1v) is 22.0. The molecule has 0 aliphatic carbocycles. The number of amides is 1. The van der Waals surface area contributed by atoms with Gasteiger partial charge in [0.1, 0.15) is 30.5 Å². The lowest BCUT2D eigenvalue weighted by Gasteiger charge is -2.41. The Morgan fingerprint density at radius 3 is 1.75 bits per heavy atom. The van der Waals surface area contributed by atoms with Gasteiger partial charge in [-0.1, -0.05) is 148 Å². The van der Waals surface area contributed by atoms with Crippen LogP contribution in [-0.4, -0.2) is 107 Å². The molecule has 1 fully saturated rings. The zero-order valence-corrected chi connectivity index (χ0v) is 33.5. The van der Waals surface area contributed by atoms with E-state index in [1.165, 1.54) is 77.0 Å². The number of carbonyl (C=O) groups is 1. The number of allylic oxidation sites excluding steroid dienone is 2. The van der Waals surface area contributed by atoms with Crippen LogP contribution in [0.1, 0.15) is 168 Å². The molecule has 1 aliphatic heterocycles. The standard InChI is InChI=1S/C39H75NO12S/c1-3-5-7-9-11-13-14-15-16-17-18-20-21-23-25-27-32(42)31(40-38(46)33(43)28-26-24-22-19-12-10-8-6-4-2)30-50-39-36(45)37(52-53(47,48)49)35(44)34(29-41)51-39/h10,12,31-37,39,41-45H,3-9,11,13-30H2,1-2H3,(H,40,46)(H,47,48,49)/b12-10-. The molecule has 1 heterocycles. The topological polar surface area (TPSA) is 212 Å². The fourth-order valence-corrected chi connectivity index (χ4v) is 7.07. The molecule has 14 heteroatoms. The minimum atomic E-state index is -5.10. The summed E-state index contributed by atoms with van der Waals surface area (Å²) in [7, 11) is -5.10. The number of aliphatic hydroxyl groups is 5. The zero-order valence-electron chi connectivity index (χ0n) is 32.7. The van der Waals surface area contributed by atoms with Crippen LogP contribution >= 0.6 is 0 Å². The fourth-order valence-electron chi connectivity index (χ4n) is 6.56. The first kappa shape index (κ1) is 49.8. The Morgan fingerprint density at radius 2 is 1.23 bits per heavy atom. The van der Waals surface area contributed by atoms with Crippen LogP contribution in [0.5, 0.6) is 0 Å². The molecule has 0 bridgehead atoms. The predicted molar refractivity (Wildman–Crippen MR) is 205 cm³/mol. The highest BCUT2D eigenvalue weighted by Crippen LogP contribution is 2.26. The van der Waals surface area contributed by atoms with Crippen molar-refractivity contribution in [2.75, 3.05) is 13.2 Å². The maximum Gasteiger partial charge on any atom is 0.397 e. The number of ether oxygens (including phenoxy) is 2. The normalized spacial score (nSPS) is 22.6. The van der Waals surface area contributed by atoms with Gasteiger partial charge in [0.25, 0.3) is 0 Å². The third kappa shape index (κ3) is 24.1. The van der Waals surface area contributed by atoms with Gasteiger partial charge in [0.15, 0.2) is 6.29 Å². The molecule has 0 saturated carbocycles. The quantitative estimate of drug-likeness (QED) is 0.0235. The van der Waals surface area contributed by atoms with Gasteiger partial charge >= 0.3 is 10.4 Å².